The Morgan fingerprint density at radius 2 is 2.43 bits per heavy atom. The van der Waals surface area contributed by atoms with Crippen LogP contribution >= 0.6 is 22.9 Å². The lowest BCUT2D eigenvalue weighted by atomic mass is 10.4. The molecule has 0 aliphatic heterocycles. The second kappa shape index (κ2) is 4.47. The van der Waals surface area contributed by atoms with Crippen LogP contribution in [-0.4, -0.2) is 14.6 Å². The van der Waals surface area contributed by atoms with Crippen molar-refractivity contribution in [3.05, 3.63) is 22.3 Å². The average Bonchev–Trinajstić information content (AvgIpc) is 2.86. The van der Waals surface area contributed by atoms with Gasteiger partial charge in [-0.2, -0.15) is 0 Å². The number of hydrogen-bond donors (Lipinski definition) is 1. The lowest BCUT2D eigenvalue weighted by molar-refractivity contribution is 1.01. The van der Waals surface area contributed by atoms with Crippen LogP contribution in [0.2, 0.25) is 0 Å². The summed E-state index contributed by atoms with van der Waals surface area (Å²) in [4.78, 5) is 4.45. The molecule has 2 rings (SSSR count). The topological polar surface area (TPSA) is 50.7 Å². The quantitative estimate of drug-likeness (QED) is 0.868. The molecular weight excluding hydrogens is 216 g/mol. The van der Waals surface area contributed by atoms with Gasteiger partial charge in [0.15, 0.2) is 0 Å². The third-order valence-corrected chi connectivity index (χ3v) is 3.37. The highest BCUT2D eigenvalue weighted by molar-refractivity contribution is 7.10. The van der Waals surface area contributed by atoms with E-state index in [0.29, 0.717) is 0 Å². The van der Waals surface area contributed by atoms with E-state index in [1.807, 2.05) is 0 Å². The molecule has 2 heterocycles. The number of nitrogens with zero attached hydrogens (tertiary/aromatic N) is 3. The molecule has 6 heteroatoms. The van der Waals surface area contributed by atoms with E-state index < -0.39 is 0 Å². The van der Waals surface area contributed by atoms with Crippen LogP contribution in [0.4, 0.5) is 5.00 Å². The second-order valence-electron chi connectivity index (χ2n) is 2.72. The summed E-state index contributed by atoms with van der Waals surface area (Å²) in [5.41, 5.74) is 1.08. The number of nitrogens with one attached hydrogen (secondary N) is 1. The van der Waals surface area contributed by atoms with Crippen molar-refractivity contribution in [1.29, 1.82) is 0 Å². The highest BCUT2D eigenvalue weighted by Gasteiger charge is 2.00. The molecule has 0 saturated heterocycles. The third-order valence-electron chi connectivity index (χ3n) is 1.71. The first-order valence-electron chi connectivity index (χ1n) is 4.33. The van der Waals surface area contributed by atoms with Gasteiger partial charge < -0.3 is 5.32 Å². The van der Waals surface area contributed by atoms with E-state index in [1.165, 1.54) is 16.5 Å². The Balaban J connectivity index is 1.92. The van der Waals surface area contributed by atoms with Crippen molar-refractivity contribution in [2.45, 2.75) is 19.9 Å². The largest absolute Gasteiger partial charge is 0.369 e. The van der Waals surface area contributed by atoms with Gasteiger partial charge in [-0.25, -0.2) is 4.98 Å². The standard InChI is InChI=1S/C8H10N4S2/c1-2-7-11-6(5-13-7)3-9-8-4-10-12-14-8/h4-5,9H,2-3H2,1H3. The number of hydrogen-bond acceptors (Lipinski definition) is 6. The van der Waals surface area contributed by atoms with Gasteiger partial charge in [-0.15, -0.1) is 16.4 Å². The zero-order valence-electron chi connectivity index (χ0n) is 7.73. The minimum absolute atomic E-state index is 0.750. The molecule has 4 nitrogen and oxygen atoms in total. The maximum Gasteiger partial charge on any atom is 0.130 e. The van der Waals surface area contributed by atoms with Gasteiger partial charge in [0.05, 0.1) is 23.4 Å². The summed E-state index contributed by atoms with van der Waals surface area (Å²) >= 11 is 3.07. The Morgan fingerprint density at radius 1 is 1.50 bits per heavy atom. The molecule has 0 atom stereocenters. The zero-order chi connectivity index (χ0) is 9.80. The van der Waals surface area contributed by atoms with Gasteiger partial charge in [-0.1, -0.05) is 11.4 Å². The Morgan fingerprint density at radius 3 is 3.07 bits per heavy atom. The van der Waals surface area contributed by atoms with E-state index >= 15 is 0 Å². The molecule has 0 saturated carbocycles. The third kappa shape index (κ3) is 2.27. The Labute approximate surface area is 90.2 Å². The van der Waals surface area contributed by atoms with Crippen LogP contribution in [0.3, 0.4) is 0 Å². The summed E-state index contributed by atoms with van der Waals surface area (Å²) < 4.78 is 3.77. The first kappa shape index (κ1) is 9.54. The minimum Gasteiger partial charge on any atom is -0.369 e. The molecule has 2 aromatic rings. The van der Waals surface area contributed by atoms with Crippen LogP contribution in [0.15, 0.2) is 11.6 Å². The highest BCUT2D eigenvalue weighted by atomic mass is 32.1. The summed E-state index contributed by atoms with van der Waals surface area (Å²) in [5.74, 6) is 0. The first-order chi connectivity index (χ1) is 6.88. The van der Waals surface area contributed by atoms with Crippen molar-refractivity contribution in [1.82, 2.24) is 14.6 Å². The Bertz CT molecular complexity index is 382. The highest BCUT2D eigenvalue weighted by Crippen LogP contribution is 2.14. The number of anilines is 1. The second-order valence-corrected chi connectivity index (χ2v) is 4.45. The lowest BCUT2D eigenvalue weighted by Crippen LogP contribution is -1.97. The van der Waals surface area contributed by atoms with Crippen LogP contribution in [0.5, 0.6) is 0 Å². The summed E-state index contributed by atoms with van der Waals surface area (Å²) in [6.07, 6.45) is 2.73. The molecular formula is C8H10N4S2. The number of rotatable bonds is 4. The predicted octanol–water partition coefficient (Wildman–Crippen LogP) is 2.17. The predicted molar refractivity (Wildman–Crippen MR) is 58.7 cm³/mol. The molecule has 0 unspecified atom stereocenters. The molecule has 0 bridgehead atoms. The summed E-state index contributed by atoms with van der Waals surface area (Å²) in [6, 6.07) is 0. The van der Waals surface area contributed by atoms with Crippen molar-refractivity contribution in [3.8, 4) is 0 Å². The monoisotopic (exact) mass is 226 g/mol. The number of aromatic nitrogens is 3. The molecule has 0 aromatic carbocycles. The van der Waals surface area contributed by atoms with Crippen LogP contribution in [0.1, 0.15) is 17.6 Å². The van der Waals surface area contributed by atoms with Gasteiger partial charge in [-0.3, -0.25) is 0 Å². The SMILES string of the molecule is CCc1nc(CNc2cnns2)cs1. The fourth-order valence-corrected chi connectivity index (χ4v) is 2.17. The molecule has 0 spiro atoms. The van der Waals surface area contributed by atoms with E-state index in [4.69, 9.17) is 0 Å². The fourth-order valence-electron chi connectivity index (χ4n) is 1.02. The van der Waals surface area contributed by atoms with E-state index in [1.54, 1.807) is 17.5 Å². The first-order valence-corrected chi connectivity index (χ1v) is 5.98. The van der Waals surface area contributed by atoms with Crippen molar-refractivity contribution >= 4 is 27.9 Å². The smallest absolute Gasteiger partial charge is 0.130 e. The summed E-state index contributed by atoms with van der Waals surface area (Å²) in [7, 11) is 0. The van der Waals surface area contributed by atoms with Crippen molar-refractivity contribution in [2.75, 3.05) is 5.32 Å². The summed E-state index contributed by atoms with van der Waals surface area (Å²) in [6.45, 7) is 2.86. The van der Waals surface area contributed by atoms with Crippen LogP contribution in [-0.2, 0) is 13.0 Å². The van der Waals surface area contributed by atoms with Gasteiger partial charge in [0.1, 0.15) is 5.00 Å². The lowest BCUT2D eigenvalue weighted by Gasteiger charge is -1.97. The molecule has 2 aromatic heterocycles. The molecule has 14 heavy (non-hydrogen) atoms. The average molecular weight is 226 g/mol. The van der Waals surface area contributed by atoms with E-state index in [9.17, 15) is 0 Å². The van der Waals surface area contributed by atoms with Crippen molar-refractivity contribution in [3.63, 3.8) is 0 Å². The van der Waals surface area contributed by atoms with Gasteiger partial charge in [0.25, 0.3) is 0 Å². The normalized spacial score (nSPS) is 10.4. The van der Waals surface area contributed by atoms with Gasteiger partial charge in [-0.05, 0) is 6.42 Å². The maximum atomic E-state index is 4.45. The van der Waals surface area contributed by atoms with Crippen LogP contribution < -0.4 is 5.32 Å². The molecule has 0 radical (unpaired) electrons. The van der Waals surface area contributed by atoms with Gasteiger partial charge >= 0.3 is 0 Å². The fraction of sp³-hybridized carbons (Fsp3) is 0.375. The molecule has 0 aliphatic carbocycles. The Kier molecular flexibility index (Phi) is 3.05. The minimum atomic E-state index is 0.750. The molecule has 74 valence electrons. The van der Waals surface area contributed by atoms with E-state index in [0.717, 1.165) is 23.7 Å². The van der Waals surface area contributed by atoms with Crippen molar-refractivity contribution < 1.29 is 0 Å². The van der Waals surface area contributed by atoms with E-state index in [-0.39, 0.29) is 0 Å². The molecule has 1 N–H and O–H groups in total. The van der Waals surface area contributed by atoms with Gasteiger partial charge in [0, 0.05) is 16.9 Å². The number of thiazole rings is 1. The zero-order valence-corrected chi connectivity index (χ0v) is 9.36. The maximum absolute atomic E-state index is 4.45. The number of aryl methyl sites for hydroxylation is 1. The van der Waals surface area contributed by atoms with Crippen molar-refractivity contribution in [2.24, 2.45) is 0 Å². The van der Waals surface area contributed by atoms with Gasteiger partial charge in [0.2, 0.25) is 0 Å². The molecule has 0 amide bonds. The Hall–Kier alpha value is -1.01. The molecule has 0 fully saturated rings. The molecule has 0 aliphatic rings. The summed E-state index contributed by atoms with van der Waals surface area (Å²) in [5, 5.41) is 11.2. The van der Waals surface area contributed by atoms with Crippen LogP contribution in [0, 0.1) is 0 Å². The van der Waals surface area contributed by atoms with E-state index in [2.05, 4.69) is 32.2 Å². The van der Waals surface area contributed by atoms with Crippen LogP contribution in [0.25, 0.3) is 0 Å².